The number of anilines is 1. The van der Waals surface area contributed by atoms with Crippen LogP contribution in [0.1, 0.15) is 39.2 Å². The summed E-state index contributed by atoms with van der Waals surface area (Å²) in [7, 11) is 0. The Morgan fingerprint density at radius 1 is 1.31 bits per heavy atom. The van der Waals surface area contributed by atoms with Gasteiger partial charge in [0.05, 0.1) is 23.6 Å². The number of rotatable bonds is 6. The molecule has 3 aliphatic rings. The van der Waals surface area contributed by atoms with E-state index in [1.165, 1.54) is 11.1 Å². The third kappa shape index (κ3) is 3.58. The maximum Gasteiger partial charge on any atom is 0.283 e. The van der Waals surface area contributed by atoms with Crippen molar-refractivity contribution >= 4 is 38.3 Å². The summed E-state index contributed by atoms with van der Waals surface area (Å²) in [6.07, 6.45) is 6.05. The summed E-state index contributed by atoms with van der Waals surface area (Å²) in [5.74, 6) is 1.91. The summed E-state index contributed by atoms with van der Waals surface area (Å²) in [5, 5.41) is 15.7. The van der Waals surface area contributed by atoms with Crippen molar-refractivity contribution in [3.05, 3.63) is 51.0 Å². The van der Waals surface area contributed by atoms with Crippen LogP contribution in [-0.2, 0) is 17.8 Å². The van der Waals surface area contributed by atoms with Crippen molar-refractivity contribution in [1.82, 2.24) is 20.0 Å². The highest BCUT2D eigenvalue weighted by atomic mass is 79.9. The van der Waals surface area contributed by atoms with Gasteiger partial charge in [-0.15, -0.1) is 0 Å². The lowest BCUT2D eigenvalue weighted by atomic mass is 9.45. The molecule has 32 heavy (non-hydrogen) atoms. The van der Waals surface area contributed by atoms with Crippen molar-refractivity contribution in [2.45, 2.75) is 52.6 Å². The second kappa shape index (κ2) is 7.83. The van der Waals surface area contributed by atoms with Gasteiger partial charge < -0.3 is 5.32 Å². The zero-order valence-corrected chi connectivity index (χ0v) is 20.1. The van der Waals surface area contributed by atoms with E-state index in [-0.39, 0.29) is 24.3 Å². The van der Waals surface area contributed by atoms with E-state index in [9.17, 15) is 9.59 Å². The number of hydrogen-bond donors (Lipinski definition) is 2. The molecule has 2 bridgehead atoms. The monoisotopic (exact) mass is 497 g/mol. The van der Waals surface area contributed by atoms with Gasteiger partial charge in [0, 0.05) is 17.8 Å². The predicted octanol–water partition coefficient (Wildman–Crippen LogP) is 4.18. The number of benzene rings is 1. The van der Waals surface area contributed by atoms with Gasteiger partial charge in [0.2, 0.25) is 0 Å². The molecule has 3 fully saturated rings. The van der Waals surface area contributed by atoms with Crippen LogP contribution in [0.2, 0.25) is 0 Å². The van der Waals surface area contributed by atoms with Crippen molar-refractivity contribution in [3.8, 4) is 0 Å². The lowest BCUT2D eigenvalue weighted by Crippen LogP contribution is -2.58. The number of carbonyl (C=O) groups is 1. The van der Waals surface area contributed by atoms with E-state index in [0.717, 1.165) is 28.8 Å². The molecule has 3 saturated carbocycles. The number of aromatic amines is 1. The highest BCUT2D eigenvalue weighted by molar-refractivity contribution is 9.10. The lowest BCUT2D eigenvalue weighted by Gasteiger charge is -2.62. The first-order chi connectivity index (χ1) is 15.2. The van der Waals surface area contributed by atoms with Crippen molar-refractivity contribution in [2.75, 3.05) is 5.32 Å². The Morgan fingerprint density at radius 2 is 2.12 bits per heavy atom. The van der Waals surface area contributed by atoms with Gasteiger partial charge in [-0.25, -0.2) is 4.68 Å². The van der Waals surface area contributed by atoms with Gasteiger partial charge in [-0.3, -0.25) is 14.7 Å². The number of hydrogen-bond acceptors (Lipinski definition) is 5. The number of aromatic nitrogens is 4. The van der Waals surface area contributed by atoms with E-state index >= 15 is 0 Å². The number of Topliss-reactive ketones (excluding diaryl/α,β-unsaturated/α-hetero) is 1. The third-order valence-electron chi connectivity index (χ3n) is 7.91. The second-order valence-electron chi connectivity index (χ2n) is 10.0. The molecular formula is C24H28BrN5O2. The average molecular weight is 498 g/mol. The first-order valence-electron chi connectivity index (χ1n) is 11.2. The van der Waals surface area contributed by atoms with E-state index in [2.05, 4.69) is 57.3 Å². The van der Waals surface area contributed by atoms with Crippen molar-refractivity contribution in [1.29, 1.82) is 0 Å². The van der Waals surface area contributed by atoms with E-state index in [1.807, 2.05) is 18.2 Å². The predicted molar refractivity (Wildman–Crippen MR) is 128 cm³/mol. The van der Waals surface area contributed by atoms with Crippen LogP contribution in [0.15, 0.2) is 39.9 Å². The topological polar surface area (TPSA) is 92.7 Å². The van der Waals surface area contributed by atoms with Crippen LogP contribution in [0.5, 0.6) is 0 Å². The number of nitrogens with zero attached hydrogens (tertiary/aromatic N) is 3. The maximum absolute atomic E-state index is 12.9. The number of fused-ring (bicyclic) bond motifs is 3. The maximum atomic E-state index is 12.9. The highest BCUT2D eigenvalue weighted by Gasteiger charge is 2.56. The molecule has 1 aromatic carbocycles. The molecule has 0 radical (unpaired) electrons. The van der Waals surface area contributed by atoms with Crippen molar-refractivity contribution in [2.24, 2.45) is 23.2 Å². The van der Waals surface area contributed by atoms with Crippen LogP contribution in [0.3, 0.4) is 0 Å². The Balaban J connectivity index is 1.26. The van der Waals surface area contributed by atoms with Gasteiger partial charge in [-0.05, 0) is 69.6 Å². The van der Waals surface area contributed by atoms with Crippen LogP contribution >= 0.6 is 15.9 Å². The Labute approximate surface area is 195 Å². The molecule has 3 aliphatic carbocycles. The molecule has 0 unspecified atom stereocenters. The molecule has 7 nitrogen and oxygen atoms in total. The normalized spacial score (nSPS) is 26.0. The van der Waals surface area contributed by atoms with E-state index < -0.39 is 0 Å². The van der Waals surface area contributed by atoms with Crippen molar-refractivity contribution < 1.29 is 4.79 Å². The molecule has 6 rings (SSSR count). The quantitative estimate of drug-likeness (QED) is 0.532. The Morgan fingerprint density at radius 3 is 2.88 bits per heavy atom. The fourth-order valence-electron chi connectivity index (χ4n) is 5.77. The lowest BCUT2D eigenvalue weighted by molar-refractivity contribution is -0.119. The van der Waals surface area contributed by atoms with Gasteiger partial charge in [0.15, 0.2) is 5.78 Å². The largest absolute Gasteiger partial charge is 0.380 e. The molecule has 2 heterocycles. The first kappa shape index (κ1) is 21.4. The van der Waals surface area contributed by atoms with Crippen LogP contribution < -0.4 is 10.9 Å². The van der Waals surface area contributed by atoms with E-state index in [0.29, 0.717) is 33.5 Å². The Kier molecular flexibility index (Phi) is 5.23. The summed E-state index contributed by atoms with van der Waals surface area (Å²) in [5.41, 5.74) is 2.66. The molecule has 4 atom stereocenters. The van der Waals surface area contributed by atoms with Crippen LogP contribution in [0.4, 0.5) is 5.69 Å². The molecule has 2 aromatic heterocycles. The number of nitrogens with one attached hydrogen (secondary N) is 2. The molecular weight excluding hydrogens is 470 g/mol. The van der Waals surface area contributed by atoms with Gasteiger partial charge in [-0.1, -0.05) is 26.8 Å². The van der Waals surface area contributed by atoms with Gasteiger partial charge in [0.25, 0.3) is 5.56 Å². The smallest absolute Gasteiger partial charge is 0.283 e. The number of halogens is 1. The summed E-state index contributed by atoms with van der Waals surface area (Å²) in [4.78, 5) is 25.5. The fourth-order valence-corrected chi connectivity index (χ4v) is 6.19. The van der Waals surface area contributed by atoms with Crippen LogP contribution in [0.25, 0.3) is 10.9 Å². The summed E-state index contributed by atoms with van der Waals surface area (Å²) >= 11 is 3.45. The highest BCUT2D eigenvalue weighted by Crippen LogP contribution is 2.61. The molecule has 0 amide bonds. The number of carbonyl (C=O) groups excluding carboxylic acids is 1. The first-order valence-corrected chi connectivity index (χ1v) is 12.0. The zero-order chi connectivity index (χ0) is 22.6. The number of ketones is 1. The minimum absolute atomic E-state index is 0.0562. The summed E-state index contributed by atoms with van der Waals surface area (Å²) in [6, 6.07) is 6.07. The number of H-pyrrole nitrogens is 1. The summed E-state index contributed by atoms with van der Waals surface area (Å²) < 4.78 is 1.67. The third-order valence-corrected chi connectivity index (χ3v) is 8.68. The molecule has 3 aromatic rings. The molecule has 2 N–H and O–H groups in total. The van der Waals surface area contributed by atoms with E-state index in [4.69, 9.17) is 0 Å². The molecule has 0 aliphatic heterocycles. The molecule has 0 saturated heterocycles. The Hall–Kier alpha value is -2.48. The molecule has 0 spiro atoms. The molecule has 8 heteroatoms. The molecule has 168 valence electrons. The van der Waals surface area contributed by atoms with Crippen molar-refractivity contribution in [3.63, 3.8) is 0 Å². The second-order valence-corrected chi connectivity index (χ2v) is 10.8. The minimum Gasteiger partial charge on any atom is -0.380 e. The van der Waals surface area contributed by atoms with Gasteiger partial charge >= 0.3 is 0 Å². The SMILES string of the molecule is C[C@@H]1[C@H]2C[C@@H](C[C@H]1Nc1cnn(CC(=O)Cc3ccc4[nH]ncc4c3)c(=O)c1Br)C2(C)C. The Bertz CT molecular complexity index is 1250. The summed E-state index contributed by atoms with van der Waals surface area (Å²) in [6.45, 7) is 7.00. The fraction of sp³-hybridized carbons (Fsp3) is 0.500. The van der Waals surface area contributed by atoms with Crippen LogP contribution in [0, 0.1) is 23.2 Å². The van der Waals surface area contributed by atoms with E-state index in [1.54, 1.807) is 12.4 Å². The van der Waals surface area contributed by atoms with Gasteiger partial charge in [-0.2, -0.15) is 10.2 Å². The minimum atomic E-state index is -0.289. The van der Waals surface area contributed by atoms with Gasteiger partial charge in [0.1, 0.15) is 11.0 Å². The standard InChI is InChI=1S/C24H28BrN5O2/c1-13-18-8-16(24(18,2)3)9-20(13)28-21-11-27-30(23(32)22(21)25)12-17(31)7-14-4-5-19-15(6-14)10-26-29-19/h4-6,10-11,13,16,18,20,28H,7-9,12H2,1-3H3,(H,26,29)/t13-,16+,18-,20-/m1/s1. The average Bonchev–Trinajstić information content (AvgIpc) is 3.22. The van der Waals surface area contributed by atoms with Crippen LogP contribution in [-0.4, -0.2) is 31.8 Å². The zero-order valence-electron chi connectivity index (χ0n) is 18.6.